The third-order valence-corrected chi connectivity index (χ3v) is 5.85. The summed E-state index contributed by atoms with van der Waals surface area (Å²) in [5, 5.41) is 13.3. The number of hydrogen-bond acceptors (Lipinski definition) is 7. The number of carbonyl (C=O) groups is 1. The molecule has 1 amide bonds. The molecule has 0 aliphatic rings. The van der Waals surface area contributed by atoms with Crippen molar-refractivity contribution in [3.63, 3.8) is 0 Å². The molecule has 0 bridgehead atoms. The number of ether oxygens (including phenoxy) is 2. The van der Waals surface area contributed by atoms with Crippen molar-refractivity contribution in [2.75, 3.05) is 27.8 Å². The first-order chi connectivity index (χ1) is 13.7. The molecule has 0 fully saturated rings. The second kappa shape index (κ2) is 9.39. The van der Waals surface area contributed by atoms with Gasteiger partial charge in [0.25, 0.3) is 5.91 Å². The molecular formula is C19H23N3O6S. The number of aromatic hydroxyl groups is 1. The van der Waals surface area contributed by atoms with E-state index in [0.29, 0.717) is 16.9 Å². The van der Waals surface area contributed by atoms with E-state index in [-0.39, 0.29) is 16.4 Å². The van der Waals surface area contributed by atoms with Gasteiger partial charge in [-0.05, 0) is 54.4 Å². The van der Waals surface area contributed by atoms with Crippen molar-refractivity contribution in [1.82, 2.24) is 9.73 Å². The lowest BCUT2D eigenvalue weighted by Crippen LogP contribution is -2.36. The standard InChI is InChI=1S/C19H23N3O6S/c1-13-9-15(6-8-17(13)27-3)29(25,26)22(2)12-19(24)21-20-11-14-5-7-16(23)18(10-14)28-4/h5-11,23H,12H2,1-4H3,(H,21,24)/b20-11+. The lowest BCUT2D eigenvalue weighted by Gasteiger charge is -2.17. The van der Waals surface area contributed by atoms with Gasteiger partial charge in [0.2, 0.25) is 10.0 Å². The molecule has 0 radical (unpaired) electrons. The maximum absolute atomic E-state index is 12.6. The van der Waals surface area contributed by atoms with Gasteiger partial charge in [-0.2, -0.15) is 9.41 Å². The number of hydrogen-bond donors (Lipinski definition) is 2. The number of benzene rings is 2. The number of sulfonamides is 1. The molecule has 0 aliphatic heterocycles. The highest BCUT2D eigenvalue weighted by Gasteiger charge is 2.23. The number of methoxy groups -OCH3 is 2. The van der Waals surface area contributed by atoms with Gasteiger partial charge in [0.15, 0.2) is 11.5 Å². The van der Waals surface area contributed by atoms with Crippen molar-refractivity contribution in [2.24, 2.45) is 5.10 Å². The minimum absolute atomic E-state index is 0.0192. The van der Waals surface area contributed by atoms with E-state index in [1.54, 1.807) is 19.1 Å². The highest BCUT2D eigenvalue weighted by molar-refractivity contribution is 7.89. The summed E-state index contributed by atoms with van der Waals surface area (Å²) < 4.78 is 36.3. The molecule has 0 saturated carbocycles. The van der Waals surface area contributed by atoms with Gasteiger partial charge in [-0.25, -0.2) is 13.8 Å². The topological polar surface area (TPSA) is 118 Å². The summed E-state index contributed by atoms with van der Waals surface area (Å²) >= 11 is 0. The molecule has 2 N–H and O–H groups in total. The van der Waals surface area contributed by atoms with E-state index in [9.17, 15) is 18.3 Å². The van der Waals surface area contributed by atoms with Crippen LogP contribution < -0.4 is 14.9 Å². The number of amides is 1. The molecule has 10 heteroatoms. The first kappa shape index (κ1) is 22.2. The number of hydrazone groups is 1. The third-order valence-electron chi connectivity index (χ3n) is 4.05. The molecule has 0 spiro atoms. The molecular weight excluding hydrogens is 398 g/mol. The van der Waals surface area contributed by atoms with Gasteiger partial charge in [-0.3, -0.25) is 4.79 Å². The van der Waals surface area contributed by atoms with Gasteiger partial charge in [0, 0.05) is 7.05 Å². The summed E-state index contributed by atoms with van der Waals surface area (Å²) in [6.07, 6.45) is 1.35. The van der Waals surface area contributed by atoms with E-state index in [4.69, 9.17) is 9.47 Å². The molecule has 9 nitrogen and oxygen atoms in total. The van der Waals surface area contributed by atoms with Gasteiger partial charge in [0.05, 0.1) is 31.9 Å². The highest BCUT2D eigenvalue weighted by atomic mass is 32.2. The lowest BCUT2D eigenvalue weighted by molar-refractivity contribution is -0.121. The van der Waals surface area contributed by atoms with Crippen LogP contribution in [0.25, 0.3) is 0 Å². The maximum Gasteiger partial charge on any atom is 0.255 e. The Kier molecular flexibility index (Phi) is 7.18. The molecule has 0 unspecified atom stereocenters. The number of likely N-dealkylation sites (N-methyl/N-ethyl adjacent to an activating group) is 1. The number of carbonyl (C=O) groups excluding carboxylic acids is 1. The molecule has 0 saturated heterocycles. The minimum atomic E-state index is -3.85. The molecule has 2 aromatic carbocycles. The van der Waals surface area contributed by atoms with E-state index in [2.05, 4.69) is 10.5 Å². The second-order valence-corrected chi connectivity index (χ2v) is 8.16. The zero-order valence-electron chi connectivity index (χ0n) is 16.5. The van der Waals surface area contributed by atoms with E-state index < -0.39 is 22.5 Å². The second-order valence-electron chi connectivity index (χ2n) is 6.12. The van der Waals surface area contributed by atoms with Crippen LogP contribution in [-0.2, 0) is 14.8 Å². The zero-order valence-corrected chi connectivity index (χ0v) is 17.4. The number of aryl methyl sites for hydroxylation is 1. The molecule has 0 atom stereocenters. The van der Waals surface area contributed by atoms with Crippen molar-refractivity contribution >= 4 is 22.1 Å². The SMILES string of the molecule is COc1ccc(S(=O)(=O)N(C)CC(=O)N/N=C/c2ccc(O)c(OC)c2)cc1C. The first-order valence-electron chi connectivity index (χ1n) is 8.49. The Morgan fingerprint density at radius 3 is 2.48 bits per heavy atom. The third kappa shape index (κ3) is 5.46. The van der Waals surface area contributed by atoms with Gasteiger partial charge in [-0.15, -0.1) is 0 Å². The van der Waals surface area contributed by atoms with Crippen molar-refractivity contribution in [3.8, 4) is 17.2 Å². The average molecular weight is 421 g/mol. The summed E-state index contributed by atoms with van der Waals surface area (Å²) in [6, 6.07) is 9.01. The van der Waals surface area contributed by atoms with Crippen LogP contribution in [0.15, 0.2) is 46.4 Å². The van der Waals surface area contributed by atoms with E-state index in [0.717, 1.165) is 4.31 Å². The van der Waals surface area contributed by atoms with Crippen LogP contribution in [0.2, 0.25) is 0 Å². The number of phenols is 1. The monoisotopic (exact) mass is 421 g/mol. The fourth-order valence-corrected chi connectivity index (χ4v) is 3.68. The Balaban J connectivity index is 2.01. The predicted molar refractivity (Wildman–Crippen MR) is 108 cm³/mol. The first-order valence-corrected chi connectivity index (χ1v) is 9.93. The number of nitrogens with one attached hydrogen (secondary N) is 1. The molecule has 2 rings (SSSR count). The molecule has 0 heterocycles. The normalized spacial score (nSPS) is 11.6. The molecule has 0 aliphatic carbocycles. The average Bonchev–Trinajstić information content (AvgIpc) is 2.69. The largest absolute Gasteiger partial charge is 0.504 e. The summed E-state index contributed by atoms with van der Waals surface area (Å²) in [5.41, 5.74) is 3.51. The number of rotatable bonds is 8. The summed E-state index contributed by atoms with van der Waals surface area (Å²) in [7, 11) is 0.374. The Bertz CT molecular complexity index is 1020. The summed E-state index contributed by atoms with van der Waals surface area (Å²) in [6.45, 7) is 1.32. The van der Waals surface area contributed by atoms with Gasteiger partial charge in [0.1, 0.15) is 5.75 Å². The van der Waals surface area contributed by atoms with Crippen LogP contribution in [0, 0.1) is 6.92 Å². The van der Waals surface area contributed by atoms with E-state index in [1.807, 2.05) is 0 Å². The quantitative estimate of drug-likeness (QED) is 0.493. The molecule has 0 aromatic heterocycles. The van der Waals surface area contributed by atoms with Crippen LogP contribution in [0.5, 0.6) is 17.2 Å². The van der Waals surface area contributed by atoms with Crippen molar-refractivity contribution in [3.05, 3.63) is 47.5 Å². The highest BCUT2D eigenvalue weighted by Crippen LogP contribution is 2.25. The number of phenolic OH excluding ortho intramolecular Hbond substituents is 1. The van der Waals surface area contributed by atoms with Crippen LogP contribution in [-0.4, -0.2) is 57.8 Å². The molecule has 2 aromatic rings. The van der Waals surface area contributed by atoms with Crippen LogP contribution in [0.3, 0.4) is 0 Å². The predicted octanol–water partition coefficient (Wildman–Crippen LogP) is 1.49. The van der Waals surface area contributed by atoms with E-state index in [1.165, 1.54) is 51.7 Å². The molecule has 156 valence electrons. The minimum Gasteiger partial charge on any atom is -0.504 e. The fourth-order valence-electron chi connectivity index (χ4n) is 2.47. The molecule has 29 heavy (non-hydrogen) atoms. The Morgan fingerprint density at radius 2 is 1.86 bits per heavy atom. The van der Waals surface area contributed by atoms with E-state index >= 15 is 0 Å². The summed E-state index contributed by atoms with van der Waals surface area (Å²) in [5.74, 6) is 0.211. The maximum atomic E-state index is 12.6. The van der Waals surface area contributed by atoms with Crippen LogP contribution >= 0.6 is 0 Å². The van der Waals surface area contributed by atoms with Crippen molar-refractivity contribution < 1.29 is 27.8 Å². The van der Waals surface area contributed by atoms with Gasteiger partial charge in [-0.1, -0.05) is 0 Å². The van der Waals surface area contributed by atoms with Crippen molar-refractivity contribution in [2.45, 2.75) is 11.8 Å². The van der Waals surface area contributed by atoms with Crippen molar-refractivity contribution in [1.29, 1.82) is 0 Å². The zero-order chi connectivity index (χ0) is 21.6. The lowest BCUT2D eigenvalue weighted by atomic mass is 10.2. The van der Waals surface area contributed by atoms with Gasteiger partial charge < -0.3 is 14.6 Å². The van der Waals surface area contributed by atoms with Crippen LogP contribution in [0.1, 0.15) is 11.1 Å². The number of nitrogens with zero attached hydrogens (tertiary/aromatic N) is 2. The Labute approximate surface area is 169 Å². The smallest absolute Gasteiger partial charge is 0.255 e. The summed E-state index contributed by atoms with van der Waals surface area (Å²) in [4.78, 5) is 12.1. The van der Waals surface area contributed by atoms with Gasteiger partial charge >= 0.3 is 0 Å². The Hall–Kier alpha value is -3.11. The van der Waals surface area contributed by atoms with Crippen LogP contribution in [0.4, 0.5) is 0 Å². The fraction of sp³-hybridized carbons (Fsp3) is 0.263. The Morgan fingerprint density at radius 1 is 1.17 bits per heavy atom.